The average molecular weight is 112 g/mol. The van der Waals surface area contributed by atoms with Crippen molar-refractivity contribution < 1.29 is 0 Å². The van der Waals surface area contributed by atoms with Gasteiger partial charge in [-0.2, -0.15) is 0 Å². The number of hydrogen-bond donors (Lipinski definition) is 0. The fourth-order valence-electron chi connectivity index (χ4n) is 0.758. The van der Waals surface area contributed by atoms with E-state index in [0.29, 0.717) is 0 Å². The van der Waals surface area contributed by atoms with E-state index in [1.54, 1.807) is 7.05 Å². The first-order chi connectivity index (χ1) is 3.84. The highest BCUT2D eigenvalue weighted by atomic mass is 15.2. The zero-order chi connectivity index (χ0) is 5.98. The molecule has 2 heteroatoms. The standard InChI is InChI=1S/C6H12N2/c1-7-5-8(2)6-3-4-6/h5-6H,3-4H2,1-2H3. The Kier molecular flexibility index (Phi) is 1.51. The lowest BCUT2D eigenvalue weighted by Gasteiger charge is -2.08. The van der Waals surface area contributed by atoms with E-state index in [1.165, 1.54) is 12.8 Å². The number of nitrogens with zero attached hydrogens (tertiary/aromatic N) is 2. The zero-order valence-corrected chi connectivity index (χ0v) is 5.46. The molecule has 0 spiro atoms. The lowest BCUT2D eigenvalue weighted by atomic mass is 10.6. The van der Waals surface area contributed by atoms with E-state index in [2.05, 4.69) is 16.9 Å². The Hall–Kier alpha value is -0.530. The van der Waals surface area contributed by atoms with Crippen molar-refractivity contribution in [1.29, 1.82) is 0 Å². The van der Waals surface area contributed by atoms with Crippen molar-refractivity contribution >= 4 is 6.34 Å². The van der Waals surface area contributed by atoms with Gasteiger partial charge in [0.2, 0.25) is 0 Å². The molecule has 0 saturated heterocycles. The van der Waals surface area contributed by atoms with Crippen LogP contribution in [0.4, 0.5) is 0 Å². The maximum Gasteiger partial charge on any atom is 0.0846 e. The van der Waals surface area contributed by atoms with Crippen LogP contribution in [0.5, 0.6) is 0 Å². The molecule has 1 fully saturated rings. The molecule has 0 heterocycles. The lowest BCUT2D eigenvalue weighted by Crippen LogP contribution is -2.17. The Labute approximate surface area is 50.2 Å². The van der Waals surface area contributed by atoms with Gasteiger partial charge in [0.1, 0.15) is 0 Å². The number of rotatable bonds is 2. The molecule has 0 aliphatic heterocycles. The molecule has 46 valence electrons. The molecular formula is C6H12N2. The topological polar surface area (TPSA) is 15.6 Å². The Morgan fingerprint density at radius 3 is 2.62 bits per heavy atom. The van der Waals surface area contributed by atoms with Gasteiger partial charge in [0.15, 0.2) is 0 Å². The van der Waals surface area contributed by atoms with Gasteiger partial charge in [-0.25, -0.2) is 0 Å². The highest BCUT2D eigenvalue weighted by Crippen LogP contribution is 2.23. The normalized spacial score (nSPS) is 19.8. The summed E-state index contributed by atoms with van der Waals surface area (Å²) < 4.78 is 0. The largest absolute Gasteiger partial charge is 0.363 e. The molecule has 1 aliphatic carbocycles. The molecule has 0 unspecified atom stereocenters. The molecule has 0 amide bonds. The van der Waals surface area contributed by atoms with Crippen LogP contribution in [-0.4, -0.2) is 31.4 Å². The summed E-state index contributed by atoms with van der Waals surface area (Å²) in [5, 5.41) is 0. The molecule has 1 saturated carbocycles. The van der Waals surface area contributed by atoms with Gasteiger partial charge < -0.3 is 4.90 Å². The zero-order valence-electron chi connectivity index (χ0n) is 5.46. The van der Waals surface area contributed by atoms with Gasteiger partial charge in [-0.1, -0.05) is 0 Å². The van der Waals surface area contributed by atoms with Crippen LogP contribution in [0.25, 0.3) is 0 Å². The van der Waals surface area contributed by atoms with Gasteiger partial charge in [-0.15, -0.1) is 0 Å². The molecule has 2 nitrogen and oxygen atoms in total. The molecule has 0 N–H and O–H groups in total. The van der Waals surface area contributed by atoms with Gasteiger partial charge in [0.25, 0.3) is 0 Å². The lowest BCUT2D eigenvalue weighted by molar-refractivity contribution is 0.510. The third kappa shape index (κ3) is 1.22. The van der Waals surface area contributed by atoms with Crippen LogP contribution in [0, 0.1) is 0 Å². The van der Waals surface area contributed by atoms with Crippen molar-refractivity contribution in [2.24, 2.45) is 4.99 Å². The summed E-state index contributed by atoms with van der Waals surface area (Å²) in [5.74, 6) is 0. The van der Waals surface area contributed by atoms with E-state index in [4.69, 9.17) is 0 Å². The first kappa shape index (κ1) is 5.60. The van der Waals surface area contributed by atoms with E-state index in [9.17, 15) is 0 Å². The molecule has 0 atom stereocenters. The van der Waals surface area contributed by atoms with Gasteiger partial charge in [-0.3, -0.25) is 4.99 Å². The van der Waals surface area contributed by atoms with Crippen molar-refractivity contribution in [2.45, 2.75) is 18.9 Å². The first-order valence-electron chi connectivity index (χ1n) is 2.99. The summed E-state index contributed by atoms with van der Waals surface area (Å²) in [5.41, 5.74) is 0. The fourth-order valence-corrected chi connectivity index (χ4v) is 0.758. The third-order valence-electron chi connectivity index (χ3n) is 1.42. The molecule has 0 bridgehead atoms. The second-order valence-corrected chi connectivity index (χ2v) is 2.27. The number of hydrogen-bond acceptors (Lipinski definition) is 1. The molecule has 0 radical (unpaired) electrons. The maximum atomic E-state index is 3.90. The monoisotopic (exact) mass is 112 g/mol. The van der Waals surface area contributed by atoms with Gasteiger partial charge in [0.05, 0.1) is 6.34 Å². The predicted octanol–water partition coefficient (Wildman–Crippen LogP) is 0.739. The van der Waals surface area contributed by atoms with E-state index in [-0.39, 0.29) is 0 Å². The minimum absolute atomic E-state index is 0.804. The van der Waals surface area contributed by atoms with Crippen molar-refractivity contribution in [3.05, 3.63) is 0 Å². The minimum Gasteiger partial charge on any atom is -0.363 e. The van der Waals surface area contributed by atoms with E-state index < -0.39 is 0 Å². The summed E-state index contributed by atoms with van der Waals surface area (Å²) >= 11 is 0. The number of aliphatic imine (C=N–C) groups is 1. The molecule has 8 heavy (non-hydrogen) atoms. The van der Waals surface area contributed by atoms with Crippen LogP contribution in [0.1, 0.15) is 12.8 Å². The second-order valence-electron chi connectivity index (χ2n) is 2.27. The molecule has 0 aromatic rings. The SMILES string of the molecule is CN=CN(C)C1CC1. The molecule has 1 rings (SSSR count). The summed E-state index contributed by atoms with van der Waals surface area (Å²) in [6, 6.07) is 0.804. The van der Waals surface area contributed by atoms with Crippen LogP contribution in [-0.2, 0) is 0 Å². The van der Waals surface area contributed by atoms with Crippen molar-refractivity contribution in [3.63, 3.8) is 0 Å². The van der Waals surface area contributed by atoms with Crippen molar-refractivity contribution in [1.82, 2.24) is 4.90 Å². The molecule has 1 aliphatic rings. The summed E-state index contributed by atoms with van der Waals surface area (Å²) in [6.07, 6.45) is 4.59. The van der Waals surface area contributed by atoms with Crippen LogP contribution in [0.15, 0.2) is 4.99 Å². The smallest absolute Gasteiger partial charge is 0.0846 e. The Balaban J connectivity index is 2.22. The van der Waals surface area contributed by atoms with Crippen molar-refractivity contribution in [2.75, 3.05) is 14.1 Å². The van der Waals surface area contributed by atoms with E-state index in [1.807, 2.05) is 6.34 Å². The van der Waals surface area contributed by atoms with Gasteiger partial charge >= 0.3 is 0 Å². The second kappa shape index (κ2) is 2.16. The highest BCUT2D eigenvalue weighted by molar-refractivity contribution is 5.55. The summed E-state index contributed by atoms with van der Waals surface area (Å²) in [6.45, 7) is 0. The maximum absolute atomic E-state index is 3.90. The minimum atomic E-state index is 0.804. The predicted molar refractivity (Wildman–Crippen MR) is 35.2 cm³/mol. The van der Waals surface area contributed by atoms with Crippen LogP contribution in [0.3, 0.4) is 0 Å². The fraction of sp³-hybridized carbons (Fsp3) is 0.833. The van der Waals surface area contributed by atoms with E-state index >= 15 is 0 Å². The quantitative estimate of drug-likeness (QED) is 0.380. The summed E-state index contributed by atoms with van der Waals surface area (Å²) in [4.78, 5) is 6.06. The third-order valence-corrected chi connectivity index (χ3v) is 1.42. The van der Waals surface area contributed by atoms with Gasteiger partial charge in [0, 0.05) is 20.1 Å². The van der Waals surface area contributed by atoms with Gasteiger partial charge in [-0.05, 0) is 12.8 Å². The summed E-state index contributed by atoms with van der Waals surface area (Å²) in [7, 11) is 3.88. The van der Waals surface area contributed by atoms with E-state index in [0.717, 1.165) is 6.04 Å². The Morgan fingerprint density at radius 1 is 1.62 bits per heavy atom. The Morgan fingerprint density at radius 2 is 2.25 bits per heavy atom. The van der Waals surface area contributed by atoms with Crippen LogP contribution >= 0.6 is 0 Å². The first-order valence-corrected chi connectivity index (χ1v) is 2.99. The van der Waals surface area contributed by atoms with Crippen LogP contribution < -0.4 is 0 Å². The molecule has 0 aromatic carbocycles. The molecular weight excluding hydrogens is 100 g/mol. The average Bonchev–Trinajstić information content (AvgIpc) is 2.45. The van der Waals surface area contributed by atoms with Crippen molar-refractivity contribution in [3.8, 4) is 0 Å². The highest BCUT2D eigenvalue weighted by Gasteiger charge is 2.23. The molecule has 0 aromatic heterocycles. The van der Waals surface area contributed by atoms with Crippen LogP contribution in [0.2, 0.25) is 0 Å². The Bertz CT molecular complexity index is 94.7.